The molecule has 0 unspecified atom stereocenters. The average molecular weight is 213 g/mol. The Kier molecular flexibility index (Phi) is 8.43. The number of hydrogen-bond acceptors (Lipinski definition) is 4. The van der Waals surface area contributed by atoms with Gasteiger partial charge < -0.3 is 9.94 Å². The molecule has 0 atom stereocenters. The molecule has 0 aromatic heterocycles. The number of nitrogens with zero attached hydrogens (tertiary/aromatic N) is 1. The number of carbonyl (C=O) groups excluding carboxylic acids is 1. The number of rotatable bonds is 7. The molecule has 0 aliphatic carbocycles. The first-order chi connectivity index (χ1) is 7.26. The van der Waals surface area contributed by atoms with E-state index in [1.807, 2.05) is 6.92 Å². The maximum Gasteiger partial charge on any atom is 0.356 e. The van der Waals surface area contributed by atoms with Crippen molar-refractivity contribution in [2.45, 2.75) is 39.5 Å². The molecule has 0 heterocycles. The number of carbonyl (C=O) groups is 1. The molecule has 0 radical (unpaired) electrons. The summed E-state index contributed by atoms with van der Waals surface area (Å²) in [7, 11) is 0. The van der Waals surface area contributed by atoms with Crippen LogP contribution in [-0.2, 0) is 9.53 Å². The molecule has 0 fully saturated rings. The van der Waals surface area contributed by atoms with Gasteiger partial charge in [-0.2, -0.15) is 0 Å². The quantitative estimate of drug-likeness (QED) is 0.176. The third kappa shape index (κ3) is 6.71. The Balaban J connectivity index is 3.89. The van der Waals surface area contributed by atoms with Gasteiger partial charge in [-0.25, -0.2) is 4.79 Å². The van der Waals surface area contributed by atoms with Crippen molar-refractivity contribution in [3.63, 3.8) is 0 Å². The third-order valence-electron chi connectivity index (χ3n) is 1.92. The normalized spacial score (nSPS) is 12.0. The summed E-state index contributed by atoms with van der Waals surface area (Å²) >= 11 is 0. The topological polar surface area (TPSA) is 58.9 Å². The number of esters is 1. The van der Waals surface area contributed by atoms with Crippen molar-refractivity contribution in [1.29, 1.82) is 0 Å². The van der Waals surface area contributed by atoms with Gasteiger partial charge in [0.25, 0.3) is 0 Å². The van der Waals surface area contributed by atoms with Gasteiger partial charge in [0, 0.05) is 6.42 Å². The summed E-state index contributed by atoms with van der Waals surface area (Å²) in [6.45, 7) is 4.14. The zero-order valence-electron chi connectivity index (χ0n) is 9.40. The van der Waals surface area contributed by atoms with E-state index in [-0.39, 0.29) is 12.3 Å². The van der Waals surface area contributed by atoms with Crippen LogP contribution in [-0.4, -0.2) is 23.5 Å². The second kappa shape index (κ2) is 9.24. The maximum absolute atomic E-state index is 11.3. The Morgan fingerprint density at radius 3 is 2.73 bits per heavy atom. The van der Waals surface area contributed by atoms with E-state index in [1.54, 1.807) is 12.2 Å². The lowest BCUT2D eigenvalue weighted by molar-refractivity contribution is -0.134. The molecular weight excluding hydrogens is 194 g/mol. The first kappa shape index (κ1) is 13.7. The highest BCUT2D eigenvalue weighted by Crippen LogP contribution is 2.02. The molecule has 0 saturated heterocycles. The molecule has 0 amide bonds. The van der Waals surface area contributed by atoms with Crippen molar-refractivity contribution in [1.82, 2.24) is 0 Å². The smallest absolute Gasteiger partial charge is 0.356 e. The molecule has 0 aliphatic heterocycles. The minimum absolute atomic E-state index is 0.105. The van der Waals surface area contributed by atoms with E-state index in [2.05, 4.69) is 12.1 Å². The van der Waals surface area contributed by atoms with Gasteiger partial charge in [0.15, 0.2) is 5.71 Å². The van der Waals surface area contributed by atoms with Crippen LogP contribution in [0.5, 0.6) is 0 Å². The van der Waals surface area contributed by atoms with Crippen LogP contribution < -0.4 is 0 Å². The van der Waals surface area contributed by atoms with Crippen LogP contribution in [0.3, 0.4) is 0 Å². The summed E-state index contributed by atoms with van der Waals surface area (Å²) in [6.07, 6.45) is 6.90. The fourth-order valence-corrected chi connectivity index (χ4v) is 1.04. The van der Waals surface area contributed by atoms with Crippen LogP contribution in [0.2, 0.25) is 0 Å². The van der Waals surface area contributed by atoms with E-state index in [1.165, 1.54) is 0 Å². The largest absolute Gasteiger partial charge is 0.457 e. The second-order valence-corrected chi connectivity index (χ2v) is 3.17. The van der Waals surface area contributed by atoms with Crippen molar-refractivity contribution >= 4 is 11.7 Å². The lowest BCUT2D eigenvalue weighted by atomic mass is 10.1. The Morgan fingerprint density at radius 1 is 1.47 bits per heavy atom. The van der Waals surface area contributed by atoms with Gasteiger partial charge in [0.05, 0.1) is 0 Å². The van der Waals surface area contributed by atoms with Crippen LogP contribution in [0, 0.1) is 0 Å². The van der Waals surface area contributed by atoms with Crippen LogP contribution in [0.1, 0.15) is 39.5 Å². The molecule has 0 aromatic rings. The molecule has 15 heavy (non-hydrogen) atoms. The highest BCUT2D eigenvalue weighted by molar-refractivity contribution is 6.36. The Labute approximate surface area is 90.6 Å². The molecular formula is C11H19NO3. The van der Waals surface area contributed by atoms with Crippen LogP contribution >= 0.6 is 0 Å². The Hall–Kier alpha value is -1.32. The third-order valence-corrected chi connectivity index (χ3v) is 1.92. The van der Waals surface area contributed by atoms with Crippen molar-refractivity contribution in [2.24, 2.45) is 5.16 Å². The highest BCUT2D eigenvalue weighted by Gasteiger charge is 2.12. The molecule has 4 nitrogen and oxygen atoms in total. The average Bonchev–Trinajstić information content (AvgIpc) is 2.24. The first-order valence-electron chi connectivity index (χ1n) is 5.25. The summed E-state index contributed by atoms with van der Waals surface area (Å²) in [6, 6.07) is 0. The van der Waals surface area contributed by atoms with E-state index < -0.39 is 5.97 Å². The van der Waals surface area contributed by atoms with Crippen molar-refractivity contribution in [3.05, 3.63) is 12.2 Å². The lowest BCUT2D eigenvalue weighted by Gasteiger charge is -2.03. The van der Waals surface area contributed by atoms with E-state index in [9.17, 15) is 4.79 Å². The molecule has 0 rings (SSSR count). The monoisotopic (exact) mass is 213 g/mol. The summed E-state index contributed by atoms with van der Waals surface area (Å²) in [5.41, 5.74) is 0.105. The molecule has 1 N–H and O–H groups in total. The lowest BCUT2D eigenvalue weighted by Crippen LogP contribution is -2.17. The van der Waals surface area contributed by atoms with Crippen molar-refractivity contribution in [3.8, 4) is 0 Å². The van der Waals surface area contributed by atoms with Gasteiger partial charge in [-0.3, -0.25) is 0 Å². The second-order valence-electron chi connectivity index (χ2n) is 3.17. The molecule has 4 heteroatoms. The molecule has 0 aromatic carbocycles. The van der Waals surface area contributed by atoms with Gasteiger partial charge in [0.1, 0.15) is 6.61 Å². The number of unbranched alkanes of at least 4 members (excludes halogenated alkanes) is 2. The van der Waals surface area contributed by atoms with Crippen molar-refractivity contribution in [2.75, 3.05) is 6.61 Å². The number of oxime groups is 1. The van der Waals surface area contributed by atoms with Gasteiger partial charge in [-0.15, -0.1) is 0 Å². The summed E-state index contributed by atoms with van der Waals surface area (Å²) in [5.74, 6) is -0.535. The summed E-state index contributed by atoms with van der Waals surface area (Å²) in [4.78, 5) is 11.3. The fraction of sp³-hybridized carbons (Fsp3) is 0.636. The zero-order chi connectivity index (χ0) is 11.5. The predicted octanol–water partition coefficient (Wildman–Crippen LogP) is 2.52. The summed E-state index contributed by atoms with van der Waals surface area (Å²) in [5, 5.41) is 11.6. The predicted molar refractivity (Wildman–Crippen MR) is 59.1 cm³/mol. The van der Waals surface area contributed by atoms with Crippen LogP contribution in [0.25, 0.3) is 0 Å². The summed E-state index contributed by atoms with van der Waals surface area (Å²) < 4.78 is 4.85. The Bertz CT molecular complexity index is 234. The molecule has 0 bridgehead atoms. The van der Waals surface area contributed by atoms with Gasteiger partial charge in [-0.05, 0) is 13.3 Å². The molecule has 0 saturated carbocycles. The van der Waals surface area contributed by atoms with Crippen LogP contribution in [0.15, 0.2) is 17.3 Å². The van der Waals surface area contributed by atoms with E-state index >= 15 is 0 Å². The minimum Gasteiger partial charge on any atom is -0.457 e. The number of ether oxygens (including phenoxy) is 1. The highest BCUT2D eigenvalue weighted by atomic mass is 16.5. The van der Waals surface area contributed by atoms with Gasteiger partial charge in [0.2, 0.25) is 0 Å². The minimum atomic E-state index is -0.535. The van der Waals surface area contributed by atoms with Crippen LogP contribution in [0.4, 0.5) is 0 Å². The number of allylic oxidation sites excluding steroid dienone is 1. The van der Waals surface area contributed by atoms with E-state index in [0.717, 1.165) is 19.3 Å². The zero-order valence-corrected chi connectivity index (χ0v) is 9.40. The SMILES string of the molecule is CC=CCOC(=O)C(CCCCC)=NO. The van der Waals surface area contributed by atoms with E-state index in [0.29, 0.717) is 6.42 Å². The van der Waals surface area contributed by atoms with E-state index in [4.69, 9.17) is 9.94 Å². The number of hydrogen-bond donors (Lipinski definition) is 1. The first-order valence-corrected chi connectivity index (χ1v) is 5.25. The van der Waals surface area contributed by atoms with Crippen molar-refractivity contribution < 1.29 is 14.7 Å². The fourth-order valence-electron chi connectivity index (χ4n) is 1.04. The van der Waals surface area contributed by atoms with Gasteiger partial charge in [-0.1, -0.05) is 37.1 Å². The standard InChI is InChI=1S/C11H19NO3/c1-3-5-7-8-10(12-14)11(13)15-9-6-4-2/h4,6,14H,3,5,7-9H2,1-2H3. The molecule has 86 valence electrons. The van der Waals surface area contributed by atoms with Gasteiger partial charge >= 0.3 is 5.97 Å². The maximum atomic E-state index is 11.3. The molecule has 0 spiro atoms. The molecule has 0 aliphatic rings. The Morgan fingerprint density at radius 2 is 2.20 bits per heavy atom.